The molecule has 3 saturated heterocycles. The monoisotopic (exact) mass is 2760 g/mol. The molecule has 3 aliphatic rings. The molecule has 0 spiro atoms. The number of nitrogens with zero attached hydrogens (tertiary/aromatic N) is 3. The van der Waals surface area contributed by atoms with Gasteiger partial charge in [-0.05, 0) is 97.7 Å². The predicted octanol–water partition coefficient (Wildman–Crippen LogP) is 21.3. The van der Waals surface area contributed by atoms with Gasteiger partial charge in [0.25, 0.3) is 0 Å². The van der Waals surface area contributed by atoms with Crippen LogP contribution in [0.25, 0.3) is 0 Å². The third-order valence-electron chi connectivity index (χ3n) is 11.0. The van der Waals surface area contributed by atoms with Crippen molar-refractivity contribution in [2.75, 3.05) is 20.6 Å². The van der Waals surface area contributed by atoms with Gasteiger partial charge in [-0.1, -0.05) is 215 Å². The molecule has 3 nitrogen and oxygen atoms in total. The second kappa shape index (κ2) is 232. The van der Waals surface area contributed by atoms with Gasteiger partial charge in [-0.3, -0.25) is 4.90 Å². The largest absolute Gasteiger partial charge is 0.358 e. The van der Waals surface area contributed by atoms with Crippen LogP contribution in [0.2, 0.25) is 0 Å². The number of hydrogen-bond donors (Lipinski definition) is 0. The molecule has 0 saturated carbocycles. The van der Waals surface area contributed by atoms with Crippen LogP contribution in [-0.4, -0.2) is 71.6 Å². The fourth-order valence-corrected chi connectivity index (χ4v) is 6.41. The first-order valence-corrected chi connectivity index (χ1v) is 25.4. The van der Waals surface area contributed by atoms with E-state index in [4.69, 9.17) is 0 Å². The van der Waals surface area contributed by atoms with Crippen molar-refractivity contribution in [2.24, 2.45) is 35.5 Å². The predicted molar refractivity (Wildman–Crippen MR) is 314 cm³/mol. The summed E-state index contributed by atoms with van der Waals surface area (Å²) in [5.74, 6) is 5.18. The molecule has 21 radical (unpaired) electrons. The molecule has 3 fully saturated rings. The van der Waals surface area contributed by atoms with E-state index in [1.165, 1.54) is 6.54 Å². The molecule has 0 bridgehead atoms. The summed E-state index contributed by atoms with van der Waals surface area (Å²) in [6.07, 6.45) is 0. The van der Waals surface area contributed by atoms with E-state index in [0.717, 1.165) is 71.8 Å². The minimum Gasteiger partial charge on any atom is -0.358 e. The maximum absolute atomic E-state index is 2.61. The van der Waals surface area contributed by atoms with E-state index in [-0.39, 0.29) is 731 Å². The van der Waals surface area contributed by atoms with E-state index >= 15 is 0 Å². The van der Waals surface area contributed by atoms with Crippen LogP contribution in [0.15, 0.2) is 0 Å². The first kappa shape index (κ1) is 261. The van der Waals surface area contributed by atoms with Gasteiger partial charge in [0.15, 0.2) is 0 Å². The minimum atomic E-state index is 0. The maximum Gasteiger partial charge on any atom is 0.00984 e. The van der Waals surface area contributed by atoms with Crippen molar-refractivity contribution in [3.8, 4) is 0 Å². The molecule has 465 valence electrons. The quantitative estimate of drug-likeness (QED) is 0.242. The molecule has 0 aromatic heterocycles. The molecule has 0 aliphatic carbocycles. The second-order valence-electron chi connectivity index (χ2n) is 11.8. The molecule has 0 amide bonds. The third-order valence-corrected chi connectivity index (χ3v) is 11.0. The van der Waals surface area contributed by atoms with E-state index in [0.29, 0.717) is 0 Å². The van der Waals surface area contributed by atoms with E-state index in [1.54, 1.807) is 0 Å². The summed E-state index contributed by atoms with van der Waals surface area (Å²) in [6, 6.07) is 4.64. The Bertz CT molecular complexity index is 459. The van der Waals surface area contributed by atoms with Crippen LogP contribution in [0.1, 0.15) is 256 Å². The fraction of sp³-hybridized carbons (Fsp3) is 0.897. The van der Waals surface area contributed by atoms with Gasteiger partial charge in [0, 0.05) is 723 Å². The van der Waals surface area contributed by atoms with Gasteiger partial charge in [0.1, 0.15) is 0 Å². The first-order valence-electron chi connectivity index (χ1n) is 25.4. The molecule has 3 heterocycles. The van der Waals surface area contributed by atoms with Gasteiger partial charge in [0.2, 0.25) is 0 Å². The molecular formula is C58H149N3Y21-6. The zero-order valence-electron chi connectivity index (χ0n) is 66.1. The summed E-state index contributed by atoms with van der Waals surface area (Å²) in [5, 5.41) is 0. The Balaban J connectivity index is -0.00000000677. The Kier molecular flexibility index (Phi) is 737. The van der Waals surface area contributed by atoms with E-state index in [9.17, 15) is 0 Å². The van der Waals surface area contributed by atoms with Crippen molar-refractivity contribution in [3.05, 3.63) is 44.6 Å². The zero-order chi connectivity index (χ0) is 48.4. The van der Waals surface area contributed by atoms with Crippen molar-refractivity contribution in [3.63, 3.8) is 0 Å². The van der Waals surface area contributed by atoms with Gasteiger partial charge in [-0.2, -0.15) is 0 Å². The van der Waals surface area contributed by atoms with Gasteiger partial charge in [-0.15, -0.1) is 0 Å². The third kappa shape index (κ3) is 148. The Morgan fingerprint density at radius 3 is 0.293 bits per heavy atom. The van der Waals surface area contributed by atoms with Crippen LogP contribution in [-0.2, 0) is 687 Å². The summed E-state index contributed by atoms with van der Waals surface area (Å²) in [5.41, 5.74) is 0. The molecule has 0 aromatic carbocycles. The topological polar surface area (TPSA) is 9.72 Å². The van der Waals surface area contributed by atoms with Crippen molar-refractivity contribution < 1.29 is 687 Å². The standard InChI is InChI=1S/C10H21N.2C9H19N.12C2H6.6CH3.21Y/c1-6-11-9(4)7(2)8(3)10(11)5;2*1-6-7(2)9(4)10(5)8(6)3;12*1-2;;;;;;;;;;;;;;;;;;;;;;;;;;;/h7-10H,6H2,1-5H3;2*6-9H,1-5H3;12*1-2H3;6*1H3;;;;;;;;;;;;;;;;;;;;;/q;;;;;;;;;;;;;;;6*-1;;;;;;;;;;;;;;;;;;;;;/t7-,8+,9-,10+;2*6-,7+,8-,9+;;;;;;;;;;;;;;;;;;;;;;;;;;;;;;;;;;;;;;;. The molecule has 24 heteroatoms. The Hall–Kier alpha value is 23.1. The summed E-state index contributed by atoms with van der Waals surface area (Å²) in [7, 11) is 4.46. The van der Waals surface area contributed by atoms with Crippen LogP contribution >= 0.6 is 0 Å². The average Bonchev–Trinajstić information content (AvgIpc) is 3.67. The number of rotatable bonds is 1. The molecule has 0 unspecified atom stereocenters. The first-order chi connectivity index (χ1) is 26.2. The second-order valence-corrected chi connectivity index (χ2v) is 11.8. The van der Waals surface area contributed by atoms with E-state index in [2.05, 4.69) is 119 Å². The molecule has 12 atom stereocenters. The Morgan fingerprint density at radius 2 is 0.256 bits per heavy atom. The van der Waals surface area contributed by atoms with Gasteiger partial charge < -0.3 is 54.4 Å². The molecule has 82 heavy (non-hydrogen) atoms. The number of likely N-dealkylation sites (tertiary alicyclic amines) is 3. The Labute approximate surface area is 1060 Å². The summed E-state index contributed by atoms with van der Waals surface area (Å²) in [4.78, 5) is 7.57. The van der Waals surface area contributed by atoms with Crippen LogP contribution < -0.4 is 0 Å². The smallest absolute Gasteiger partial charge is 0.00984 e. The molecular weight excluding hydrogens is 2610 g/mol. The van der Waals surface area contributed by atoms with E-state index < -0.39 is 0 Å². The zero-order valence-corrected chi connectivity index (χ0v) is 126. The van der Waals surface area contributed by atoms with Gasteiger partial charge in [0.05, 0.1) is 0 Å². The Morgan fingerprint density at radius 1 is 0.183 bits per heavy atom. The molecule has 3 aliphatic heterocycles. The fourth-order valence-electron chi connectivity index (χ4n) is 6.41. The minimum absolute atomic E-state index is 0. The SMILES string of the molecule is CC.CC.CC.CC.CC.CC.CC.CC.CC.CC.CC.CC.CCN1[C@H](C)[C@H](C)[C@H](C)[C@@H]1C.C[C@@H]1[C@H](C)[C@H](C)N(C)[C@@H]1C.C[C@@H]1[C@H](C)[C@H](C)N(C)[C@@H]1C.[CH3-].[CH3-].[CH3-].[CH3-].[CH3-].[CH3-].[Y].[Y].[Y].[Y].[Y].[Y].[Y].[Y].[Y].[Y].[Y].[Y].[Y].[Y].[Y].[Y].[Y].[Y].[Y].[Y].[Y]. The number of hydrogen-bond acceptors (Lipinski definition) is 3. The van der Waals surface area contributed by atoms with Crippen molar-refractivity contribution >= 4 is 0 Å². The molecule has 3 rings (SSSR count). The summed E-state index contributed by atoms with van der Waals surface area (Å²) >= 11 is 0. The normalized spacial score (nSPS) is 19.4. The summed E-state index contributed by atoms with van der Waals surface area (Å²) in [6.45, 7) is 79.7. The van der Waals surface area contributed by atoms with Crippen LogP contribution in [0.5, 0.6) is 0 Å². The average molecular weight is 2760 g/mol. The van der Waals surface area contributed by atoms with Crippen LogP contribution in [0.3, 0.4) is 0 Å². The van der Waals surface area contributed by atoms with Gasteiger partial charge in [-0.25, -0.2) is 0 Å². The van der Waals surface area contributed by atoms with Crippen molar-refractivity contribution in [1.82, 2.24) is 14.7 Å². The molecule has 0 aromatic rings. The van der Waals surface area contributed by atoms with Crippen LogP contribution in [0.4, 0.5) is 0 Å². The van der Waals surface area contributed by atoms with Gasteiger partial charge >= 0.3 is 0 Å². The van der Waals surface area contributed by atoms with Crippen LogP contribution in [0, 0.1) is 80.1 Å². The summed E-state index contributed by atoms with van der Waals surface area (Å²) < 4.78 is 0. The molecule has 0 N–H and O–H groups in total. The van der Waals surface area contributed by atoms with Crippen molar-refractivity contribution in [2.45, 2.75) is 292 Å². The van der Waals surface area contributed by atoms with E-state index in [1.807, 2.05) is 166 Å². The maximum atomic E-state index is 2.61. The van der Waals surface area contributed by atoms with Crippen molar-refractivity contribution in [1.29, 1.82) is 0 Å².